The molecule has 2 rings (SSSR count). The summed E-state index contributed by atoms with van der Waals surface area (Å²) >= 11 is 0. The average molecular weight is 243 g/mol. The lowest BCUT2D eigenvalue weighted by Gasteiger charge is -2.13. The third-order valence-electron chi connectivity index (χ3n) is 3.00. The van der Waals surface area contributed by atoms with E-state index >= 15 is 0 Å². The number of aryl methyl sites for hydroxylation is 1. The lowest BCUT2D eigenvalue weighted by Crippen LogP contribution is -2.29. The second kappa shape index (κ2) is 6.97. The molecule has 1 aromatic heterocycles. The van der Waals surface area contributed by atoms with Crippen molar-refractivity contribution in [3.8, 4) is 0 Å². The molecule has 1 atom stereocenters. The molecule has 0 fully saturated rings. The summed E-state index contributed by atoms with van der Waals surface area (Å²) in [5.74, 6) is 0. The van der Waals surface area contributed by atoms with Gasteiger partial charge in [0.15, 0.2) is 0 Å². The van der Waals surface area contributed by atoms with E-state index in [0.29, 0.717) is 6.04 Å². The highest BCUT2D eigenvalue weighted by Crippen LogP contribution is 2.02. The molecule has 0 aliphatic heterocycles. The minimum Gasteiger partial charge on any atom is -0.314 e. The van der Waals surface area contributed by atoms with Gasteiger partial charge in [-0.1, -0.05) is 30.3 Å². The molecule has 1 unspecified atom stereocenters. The summed E-state index contributed by atoms with van der Waals surface area (Å²) in [6.45, 7) is 4.26. The molecule has 0 saturated carbocycles. The Labute approximate surface area is 109 Å². The highest BCUT2D eigenvalue weighted by atomic mass is 15.3. The minimum absolute atomic E-state index is 0.519. The van der Waals surface area contributed by atoms with Gasteiger partial charge in [0.2, 0.25) is 0 Å². The first-order chi connectivity index (χ1) is 8.84. The Kier molecular flexibility index (Phi) is 4.97. The molecule has 0 spiro atoms. The molecular formula is C15H21N3. The van der Waals surface area contributed by atoms with Gasteiger partial charge in [0.25, 0.3) is 0 Å². The van der Waals surface area contributed by atoms with Gasteiger partial charge < -0.3 is 5.32 Å². The molecule has 0 aliphatic rings. The van der Waals surface area contributed by atoms with Gasteiger partial charge in [-0.15, -0.1) is 0 Å². The second-order valence-corrected chi connectivity index (χ2v) is 4.67. The number of nitrogens with one attached hydrogen (secondary N) is 1. The fourth-order valence-electron chi connectivity index (χ4n) is 2.06. The van der Waals surface area contributed by atoms with Crippen molar-refractivity contribution in [1.82, 2.24) is 15.1 Å². The first kappa shape index (κ1) is 12.8. The summed E-state index contributed by atoms with van der Waals surface area (Å²) in [6.07, 6.45) is 6.03. The number of hydrogen-bond donors (Lipinski definition) is 1. The first-order valence-electron chi connectivity index (χ1n) is 6.59. The molecule has 3 heteroatoms. The van der Waals surface area contributed by atoms with Crippen molar-refractivity contribution in [2.75, 3.05) is 6.54 Å². The smallest absolute Gasteiger partial charge is 0.0489 e. The highest BCUT2D eigenvalue weighted by molar-refractivity contribution is 5.15. The number of hydrogen-bond acceptors (Lipinski definition) is 2. The molecule has 0 saturated heterocycles. The van der Waals surface area contributed by atoms with Gasteiger partial charge in [-0.3, -0.25) is 4.68 Å². The molecule has 0 aliphatic carbocycles. The van der Waals surface area contributed by atoms with Crippen molar-refractivity contribution >= 4 is 0 Å². The normalized spacial score (nSPS) is 12.5. The van der Waals surface area contributed by atoms with Crippen LogP contribution in [0.3, 0.4) is 0 Å². The summed E-state index contributed by atoms with van der Waals surface area (Å²) in [6, 6.07) is 13.1. The largest absolute Gasteiger partial charge is 0.314 e. The lowest BCUT2D eigenvalue weighted by molar-refractivity contribution is 0.495. The van der Waals surface area contributed by atoms with E-state index in [-0.39, 0.29) is 0 Å². The molecule has 1 N–H and O–H groups in total. The maximum Gasteiger partial charge on any atom is 0.0489 e. The van der Waals surface area contributed by atoms with Crippen molar-refractivity contribution < 1.29 is 0 Å². The van der Waals surface area contributed by atoms with Gasteiger partial charge in [-0.25, -0.2) is 0 Å². The zero-order valence-corrected chi connectivity index (χ0v) is 10.9. The zero-order valence-electron chi connectivity index (χ0n) is 10.9. The van der Waals surface area contributed by atoms with Crippen LogP contribution in [0.15, 0.2) is 48.8 Å². The zero-order chi connectivity index (χ0) is 12.6. The van der Waals surface area contributed by atoms with Crippen LogP contribution in [0.1, 0.15) is 18.9 Å². The number of nitrogens with zero attached hydrogens (tertiary/aromatic N) is 2. The molecule has 1 aromatic carbocycles. The minimum atomic E-state index is 0.519. The topological polar surface area (TPSA) is 29.9 Å². The molecule has 0 amide bonds. The Morgan fingerprint density at radius 3 is 2.78 bits per heavy atom. The summed E-state index contributed by atoms with van der Waals surface area (Å²) in [5, 5.41) is 7.74. The maximum atomic E-state index is 4.19. The molecule has 2 aromatic rings. The predicted octanol–water partition coefficient (Wildman–Crippen LogP) is 2.49. The summed E-state index contributed by atoms with van der Waals surface area (Å²) < 4.78 is 1.98. The third kappa shape index (κ3) is 4.34. The Morgan fingerprint density at radius 1 is 1.22 bits per heavy atom. The molecular weight excluding hydrogens is 222 g/mol. The maximum absolute atomic E-state index is 4.19. The first-order valence-corrected chi connectivity index (χ1v) is 6.59. The number of benzene rings is 1. The van der Waals surface area contributed by atoms with E-state index in [4.69, 9.17) is 0 Å². The number of aromatic nitrogens is 2. The summed E-state index contributed by atoms with van der Waals surface area (Å²) in [4.78, 5) is 0. The van der Waals surface area contributed by atoms with Crippen LogP contribution in [0.5, 0.6) is 0 Å². The number of rotatable bonds is 7. The van der Waals surface area contributed by atoms with Gasteiger partial charge in [-0.2, -0.15) is 5.10 Å². The van der Waals surface area contributed by atoms with Gasteiger partial charge in [0, 0.05) is 25.0 Å². The van der Waals surface area contributed by atoms with Gasteiger partial charge >= 0.3 is 0 Å². The fraction of sp³-hybridized carbons (Fsp3) is 0.400. The Bertz CT molecular complexity index is 422. The predicted molar refractivity (Wildman–Crippen MR) is 74.5 cm³/mol. The van der Waals surface area contributed by atoms with Crippen LogP contribution in [-0.2, 0) is 13.0 Å². The Hall–Kier alpha value is -1.61. The van der Waals surface area contributed by atoms with Crippen LogP contribution in [0, 0.1) is 0 Å². The van der Waals surface area contributed by atoms with Crippen LogP contribution in [0.25, 0.3) is 0 Å². The Balaban J connectivity index is 1.62. The van der Waals surface area contributed by atoms with Crippen molar-refractivity contribution in [3.05, 3.63) is 54.4 Å². The third-order valence-corrected chi connectivity index (χ3v) is 3.00. The molecule has 1 heterocycles. The quantitative estimate of drug-likeness (QED) is 0.757. The van der Waals surface area contributed by atoms with Crippen molar-refractivity contribution in [2.45, 2.75) is 32.4 Å². The van der Waals surface area contributed by atoms with E-state index in [0.717, 1.165) is 25.9 Å². The van der Waals surface area contributed by atoms with E-state index in [2.05, 4.69) is 47.7 Å². The van der Waals surface area contributed by atoms with Crippen molar-refractivity contribution in [2.24, 2.45) is 0 Å². The Morgan fingerprint density at radius 2 is 2.06 bits per heavy atom. The van der Waals surface area contributed by atoms with Crippen LogP contribution in [0.2, 0.25) is 0 Å². The van der Waals surface area contributed by atoms with E-state index < -0.39 is 0 Å². The SMILES string of the molecule is CC(Cc1ccccc1)NCCCn1cccn1. The van der Waals surface area contributed by atoms with Crippen molar-refractivity contribution in [1.29, 1.82) is 0 Å². The molecule has 0 radical (unpaired) electrons. The fourth-order valence-corrected chi connectivity index (χ4v) is 2.06. The van der Waals surface area contributed by atoms with Gasteiger partial charge in [-0.05, 0) is 37.9 Å². The van der Waals surface area contributed by atoms with E-state index in [1.807, 2.05) is 23.1 Å². The second-order valence-electron chi connectivity index (χ2n) is 4.67. The lowest BCUT2D eigenvalue weighted by atomic mass is 10.1. The average Bonchev–Trinajstić information content (AvgIpc) is 2.89. The molecule has 0 bridgehead atoms. The van der Waals surface area contributed by atoms with Gasteiger partial charge in [0.05, 0.1) is 0 Å². The van der Waals surface area contributed by atoms with E-state index in [9.17, 15) is 0 Å². The van der Waals surface area contributed by atoms with Crippen LogP contribution in [0.4, 0.5) is 0 Å². The van der Waals surface area contributed by atoms with Gasteiger partial charge in [0.1, 0.15) is 0 Å². The molecule has 18 heavy (non-hydrogen) atoms. The van der Waals surface area contributed by atoms with E-state index in [1.54, 1.807) is 0 Å². The highest BCUT2D eigenvalue weighted by Gasteiger charge is 2.02. The monoisotopic (exact) mass is 243 g/mol. The van der Waals surface area contributed by atoms with E-state index in [1.165, 1.54) is 5.56 Å². The summed E-state index contributed by atoms with van der Waals surface area (Å²) in [7, 11) is 0. The summed E-state index contributed by atoms with van der Waals surface area (Å²) in [5.41, 5.74) is 1.39. The van der Waals surface area contributed by atoms with Crippen LogP contribution >= 0.6 is 0 Å². The standard InChI is InChI=1S/C15H21N3/c1-14(13-15-7-3-2-4-8-15)16-9-5-11-18-12-6-10-17-18/h2-4,6-8,10,12,14,16H,5,9,11,13H2,1H3. The van der Waals surface area contributed by atoms with Crippen LogP contribution in [-0.4, -0.2) is 22.4 Å². The molecule has 96 valence electrons. The molecule has 3 nitrogen and oxygen atoms in total. The van der Waals surface area contributed by atoms with Crippen LogP contribution < -0.4 is 5.32 Å². The van der Waals surface area contributed by atoms with Crippen molar-refractivity contribution in [3.63, 3.8) is 0 Å².